The Bertz CT molecular complexity index is 929. The van der Waals surface area contributed by atoms with Gasteiger partial charge in [0.1, 0.15) is 11.0 Å². The van der Waals surface area contributed by atoms with Crippen molar-refractivity contribution in [2.75, 3.05) is 39.3 Å². The van der Waals surface area contributed by atoms with Crippen molar-refractivity contribution in [2.24, 2.45) is 0 Å². The first-order valence-corrected chi connectivity index (χ1v) is 11.7. The van der Waals surface area contributed by atoms with Gasteiger partial charge in [-0.15, -0.1) is 11.3 Å². The number of amides is 1. The van der Waals surface area contributed by atoms with Crippen LogP contribution in [0.25, 0.3) is 10.2 Å². The van der Waals surface area contributed by atoms with Crippen molar-refractivity contribution in [1.82, 2.24) is 19.7 Å². The van der Waals surface area contributed by atoms with Gasteiger partial charge in [0.15, 0.2) is 0 Å². The van der Waals surface area contributed by atoms with E-state index in [9.17, 15) is 4.79 Å². The quantitative estimate of drug-likeness (QED) is 0.576. The highest BCUT2D eigenvalue weighted by atomic mass is 32.1. The standard InChI is InChI=1S/C24H30N4OS/c1-3-27(4-2)24(29)23(19-10-6-5-7-11-19)28-16-14-26(15-17-28)18-22-25-20-12-8-9-13-21(20)30-22/h5-13,23H,3-4,14-18H2,1-2H3. The van der Waals surface area contributed by atoms with Gasteiger partial charge in [-0.05, 0) is 31.5 Å². The molecule has 0 bridgehead atoms. The van der Waals surface area contributed by atoms with Crippen LogP contribution >= 0.6 is 11.3 Å². The van der Waals surface area contributed by atoms with Crippen molar-refractivity contribution in [3.63, 3.8) is 0 Å². The summed E-state index contributed by atoms with van der Waals surface area (Å²) in [5, 5.41) is 1.17. The van der Waals surface area contributed by atoms with Crippen LogP contribution in [0.15, 0.2) is 54.6 Å². The highest BCUT2D eigenvalue weighted by Gasteiger charge is 2.32. The van der Waals surface area contributed by atoms with Crippen LogP contribution in [0.5, 0.6) is 0 Å². The van der Waals surface area contributed by atoms with Crippen LogP contribution < -0.4 is 0 Å². The minimum absolute atomic E-state index is 0.198. The molecule has 0 saturated carbocycles. The van der Waals surface area contributed by atoms with E-state index in [-0.39, 0.29) is 11.9 Å². The minimum Gasteiger partial charge on any atom is -0.342 e. The van der Waals surface area contributed by atoms with E-state index in [1.807, 2.05) is 29.2 Å². The highest BCUT2D eigenvalue weighted by molar-refractivity contribution is 7.18. The van der Waals surface area contributed by atoms with Crippen molar-refractivity contribution in [3.8, 4) is 0 Å². The molecule has 2 heterocycles. The zero-order chi connectivity index (χ0) is 20.9. The van der Waals surface area contributed by atoms with Gasteiger partial charge in [0.2, 0.25) is 5.91 Å². The summed E-state index contributed by atoms with van der Waals surface area (Å²) in [4.78, 5) is 24.9. The van der Waals surface area contributed by atoms with Crippen molar-refractivity contribution >= 4 is 27.5 Å². The second kappa shape index (κ2) is 9.69. The molecule has 3 aromatic rings. The molecule has 5 nitrogen and oxygen atoms in total. The Morgan fingerprint density at radius 2 is 1.67 bits per heavy atom. The number of benzene rings is 2. The Kier molecular flexibility index (Phi) is 6.77. The maximum Gasteiger partial charge on any atom is 0.244 e. The maximum absolute atomic E-state index is 13.3. The van der Waals surface area contributed by atoms with E-state index in [2.05, 4.69) is 54.0 Å². The Morgan fingerprint density at radius 3 is 2.33 bits per heavy atom. The predicted octanol–water partition coefficient (Wildman–Crippen LogP) is 4.02. The van der Waals surface area contributed by atoms with E-state index in [4.69, 9.17) is 4.98 Å². The van der Waals surface area contributed by atoms with Crippen molar-refractivity contribution in [1.29, 1.82) is 0 Å². The third kappa shape index (κ3) is 4.56. The van der Waals surface area contributed by atoms with Gasteiger partial charge >= 0.3 is 0 Å². The molecule has 158 valence electrons. The molecule has 1 fully saturated rings. The molecule has 0 aliphatic carbocycles. The predicted molar refractivity (Wildman–Crippen MR) is 124 cm³/mol. The zero-order valence-corrected chi connectivity index (χ0v) is 18.6. The Labute approximate surface area is 182 Å². The number of carbonyl (C=O) groups is 1. The summed E-state index contributed by atoms with van der Waals surface area (Å²) in [5.74, 6) is 0.214. The zero-order valence-electron chi connectivity index (χ0n) is 17.8. The Morgan fingerprint density at radius 1 is 1.00 bits per heavy atom. The van der Waals surface area contributed by atoms with E-state index in [0.29, 0.717) is 0 Å². The van der Waals surface area contributed by atoms with Crippen LogP contribution in [0.3, 0.4) is 0 Å². The van der Waals surface area contributed by atoms with E-state index in [0.717, 1.165) is 56.9 Å². The van der Waals surface area contributed by atoms with Crippen molar-refractivity contribution in [3.05, 3.63) is 65.2 Å². The number of aromatic nitrogens is 1. The molecule has 1 aliphatic rings. The number of thiazole rings is 1. The van der Waals surface area contributed by atoms with Crippen molar-refractivity contribution in [2.45, 2.75) is 26.4 Å². The molecule has 0 spiro atoms. The van der Waals surface area contributed by atoms with Crippen LogP contribution in [0.4, 0.5) is 0 Å². The molecule has 0 radical (unpaired) electrons. The largest absolute Gasteiger partial charge is 0.342 e. The monoisotopic (exact) mass is 422 g/mol. The summed E-state index contributed by atoms with van der Waals surface area (Å²) in [6.45, 7) is 10.2. The van der Waals surface area contributed by atoms with E-state index < -0.39 is 0 Å². The lowest BCUT2D eigenvalue weighted by Gasteiger charge is -2.40. The average molecular weight is 423 g/mol. The van der Waals surface area contributed by atoms with Crippen LogP contribution in [-0.4, -0.2) is 64.9 Å². The number of rotatable bonds is 7. The number of nitrogens with zero attached hydrogens (tertiary/aromatic N) is 4. The lowest BCUT2D eigenvalue weighted by Crippen LogP contribution is -2.51. The molecular formula is C24H30N4OS. The number of piperazine rings is 1. The van der Waals surface area contributed by atoms with Gasteiger partial charge in [-0.1, -0.05) is 42.5 Å². The fourth-order valence-electron chi connectivity index (χ4n) is 4.21. The fourth-order valence-corrected chi connectivity index (χ4v) is 5.22. The molecular weight excluding hydrogens is 392 g/mol. The molecule has 1 amide bonds. The van der Waals surface area contributed by atoms with Crippen LogP contribution in [0.2, 0.25) is 0 Å². The van der Waals surface area contributed by atoms with Gasteiger partial charge < -0.3 is 4.90 Å². The van der Waals surface area contributed by atoms with Crippen molar-refractivity contribution < 1.29 is 4.79 Å². The number of likely N-dealkylation sites (N-methyl/N-ethyl adjacent to an activating group) is 1. The second-order valence-electron chi connectivity index (χ2n) is 7.71. The molecule has 4 rings (SSSR count). The molecule has 6 heteroatoms. The molecule has 2 aromatic carbocycles. The molecule has 1 atom stereocenters. The maximum atomic E-state index is 13.3. The Hall–Kier alpha value is -2.28. The number of fused-ring (bicyclic) bond motifs is 1. The fraction of sp³-hybridized carbons (Fsp3) is 0.417. The SMILES string of the molecule is CCN(CC)C(=O)C(c1ccccc1)N1CCN(Cc2nc3ccccc3s2)CC1. The molecule has 1 aromatic heterocycles. The van der Waals surface area contributed by atoms with E-state index >= 15 is 0 Å². The third-order valence-corrected chi connectivity index (χ3v) is 6.91. The lowest BCUT2D eigenvalue weighted by atomic mass is 10.0. The van der Waals surface area contributed by atoms with E-state index in [1.165, 1.54) is 9.71 Å². The smallest absolute Gasteiger partial charge is 0.244 e. The summed E-state index contributed by atoms with van der Waals surface area (Å²) in [7, 11) is 0. The van der Waals surface area contributed by atoms with Gasteiger partial charge in [0.25, 0.3) is 0 Å². The average Bonchev–Trinajstić information content (AvgIpc) is 3.19. The number of hydrogen-bond acceptors (Lipinski definition) is 5. The Balaban J connectivity index is 1.45. The number of carbonyl (C=O) groups excluding carboxylic acids is 1. The second-order valence-corrected chi connectivity index (χ2v) is 8.83. The summed E-state index contributed by atoms with van der Waals surface area (Å²) >= 11 is 1.78. The molecule has 1 saturated heterocycles. The van der Waals surface area contributed by atoms with Crippen LogP contribution in [-0.2, 0) is 11.3 Å². The highest BCUT2D eigenvalue weighted by Crippen LogP contribution is 2.26. The molecule has 1 aliphatic heterocycles. The lowest BCUT2D eigenvalue weighted by molar-refractivity contribution is -0.137. The molecule has 0 N–H and O–H groups in total. The summed E-state index contributed by atoms with van der Waals surface area (Å²) in [6, 6.07) is 18.4. The minimum atomic E-state index is -0.198. The van der Waals surface area contributed by atoms with Gasteiger partial charge in [0, 0.05) is 39.3 Å². The first-order valence-electron chi connectivity index (χ1n) is 10.8. The third-order valence-electron chi connectivity index (χ3n) is 5.89. The molecule has 30 heavy (non-hydrogen) atoms. The van der Waals surface area contributed by atoms with Gasteiger partial charge in [-0.3, -0.25) is 14.6 Å². The van der Waals surface area contributed by atoms with E-state index in [1.54, 1.807) is 11.3 Å². The van der Waals surface area contributed by atoms with Crippen LogP contribution in [0, 0.1) is 0 Å². The summed E-state index contributed by atoms with van der Waals surface area (Å²) in [5.41, 5.74) is 2.18. The first kappa shape index (κ1) is 21.0. The van der Waals surface area contributed by atoms with Gasteiger partial charge in [0.05, 0.1) is 16.8 Å². The topological polar surface area (TPSA) is 39.7 Å². The number of para-hydroxylation sites is 1. The molecule has 1 unspecified atom stereocenters. The number of hydrogen-bond donors (Lipinski definition) is 0. The summed E-state index contributed by atoms with van der Waals surface area (Å²) in [6.07, 6.45) is 0. The van der Waals surface area contributed by atoms with Gasteiger partial charge in [-0.2, -0.15) is 0 Å². The van der Waals surface area contributed by atoms with Gasteiger partial charge in [-0.25, -0.2) is 4.98 Å². The first-order chi connectivity index (χ1) is 14.7. The summed E-state index contributed by atoms with van der Waals surface area (Å²) < 4.78 is 1.25. The van der Waals surface area contributed by atoms with Crippen LogP contribution in [0.1, 0.15) is 30.5 Å². The normalized spacial score (nSPS) is 16.6.